The Morgan fingerprint density at radius 1 is 1.35 bits per heavy atom. The van der Waals surface area contributed by atoms with Gasteiger partial charge in [-0.3, -0.25) is 9.59 Å². The molecular formula is C19H22N4O3. The smallest absolute Gasteiger partial charge is 0.228 e. The lowest BCUT2D eigenvalue weighted by molar-refractivity contribution is -0.126. The second-order valence-electron chi connectivity index (χ2n) is 6.14. The van der Waals surface area contributed by atoms with Gasteiger partial charge in [0.1, 0.15) is 11.6 Å². The van der Waals surface area contributed by atoms with Gasteiger partial charge in [0, 0.05) is 31.4 Å². The Morgan fingerprint density at radius 3 is 2.96 bits per heavy atom. The van der Waals surface area contributed by atoms with Crippen LogP contribution in [0.5, 0.6) is 5.75 Å². The number of hydrogen-bond acceptors (Lipinski definition) is 5. The minimum atomic E-state index is -0.523. The second-order valence-corrected chi connectivity index (χ2v) is 6.14. The highest BCUT2D eigenvalue weighted by molar-refractivity contribution is 6.01. The minimum Gasteiger partial charge on any atom is -0.497 e. The summed E-state index contributed by atoms with van der Waals surface area (Å²) in [5.41, 5.74) is 2.48. The molecule has 2 amide bonds. The summed E-state index contributed by atoms with van der Waals surface area (Å²) in [6.07, 6.45) is 1.84. The first-order chi connectivity index (χ1) is 12.6. The van der Waals surface area contributed by atoms with Crippen molar-refractivity contribution in [3.63, 3.8) is 0 Å². The zero-order chi connectivity index (χ0) is 18.5. The van der Waals surface area contributed by atoms with Crippen molar-refractivity contribution in [2.75, 3.05) is 30.8 Å². The maximum Gasteiger partial charge on any atom is 0.228 e. The summed E-state index contributed by atoms with van der Waals surface area (Å²) in [5, 5.41) is 8.88. The maximum atomic E-state index is 12.6. The van der Waals surface area contributed by atoms with E-state index in [9.17, 15) is 9.59 Å². The number of carbonyl (C=O) groups is 2. The van der Waals surface area contributed by atoms with Gasteiger partial charge >= 0.3 is 0 Å². The third-order valence-electron chi connectivity index (χ3n) is 4.34. The molecule has 0 fully saturated rings. The fourth-order valence-electron chi connectivity index (χ4n) is 2.96. The van der Waals surface area contributed by atoms with E-state index in [0.717, 1.165) is 16.9 Å². The molecule has 0 saturated carbocycles. The fourth-order valence-corrected chi connectivity index (χ4v) is 2.96. The second kappa shape index (κ2) is 7.86. The quantitative estimate of drug-likeness (QED) is 0.691. The van der Waals surface area contributed by atoms with Crippen LogP contribution >= 0.6 is 0 Å². The van der Waals surface area contributed by atoms with Crippen LogP contribution in [0.4, 0.5) is 11.5 Å². The van der Waals surface area contributed by atoms with Gasteiger partial charge in [-0.1, -0.05) is 6.07 Å². The number of carbonyl (C=O) groups excluding carboxylic acids is 2. The number of nitrogens with zero attached hydrogens (tertiary/aromatic N) is 1. The van der Waals surface area contributed by atoms with Crippen molar-refractivity contribution >= 4 is 23.3 Å². The largest absolute Gasteiger partial charge is 0.497 e. The number of nitrogens with one attached hydrogen (secondary N) is 3. The van der Waals surface area contributed by atoms with Gasteiger partial charge in [-0.15, -0.1) is 0 Å². The lowest BCUT2D eigenvalue weighted by Gasteiger charge is -2.25. The van der Waals surface area contributed by atoms with Gasteiger partial charge in [0.25, 0.3) is 0 Å². The molecule has 7 heteroatoms. The van der Waals surface area contributed by atoms with Crippen molar-refractivity contribution in [3.05, 3.63) is 47.7 Å². The van der Waals surface area contributed by atoms with Gasteiger partial charge in [0.05, 0.1) is 13.0 Å². The fraction of sp³-hybridized carbons (Fsp3) is 0.316. The molecule has 0 radical (unpaired) electrons. The number of methoxy groups -OCH3 is 1. The van der Waals surface area contributed by atoms with Crippen LogP contribution in [0.1, 0.15) is 23.5 Å². The average molecular weight is 354 g/mol. The van der Waals surface area contributed by atoms with Gasteiger partial charge in [0.15, 0.2) is 0 Å². The van der Waals surface area contributed by atoms with E-state index in [0.29, 0.717) is 24.5 Å². The summed E-state index contributed by atoms with van der Waals surface area (Å²) >= 11 is 0. The average Bonchev–Trinajstić information content (AvgIpc) is 2.65. The Hall–Kier alpha value is -3.09. The Bertz CT molecular complexity index is 822. The Kier molecular flexibility index (Phi) is 5.36. The van der Waals surface area contributed by atoms with E-state index in [2.05, 4.69) is 20.9 Å². The van der Waals surface area contributed by atoms with Crippen LogP contribution < -0.4 is 20.7 Å². The van der Waals surface area contributed by atoms with Crippen LogP contribution in [0.25, 0.3) is 0 Å². The zero-order valence-electron chi connectivity index (χ0n) is 14.8. The molecule has 0 saturated heterocycles. The van der Waals surface area contributed by atoms with E-state index in [1.807, 2.05) is 19.1 Å². The molecule has 1 aromatic heterocycles. The van der Waals surface area contributed by atoms with Crippen LogP contribution in [-0.4, -0.2) is 37.0 Å². The summed E-state index contributed by atoms with van der Waals surface area (Å²) < 4.78 is 5.23. The Morgan fingerprint density at radius 2 is 2.19 bits per heavy atom. The first-order valence-corrected chi connectivity index (χ1v) is 8.49. The molecule has 3 rings (SSSR count). The number of amides is 2. The van der Waals surface area contributed by atoms with E-state index in [1.165, 1.54) is 0 Å². The SMILES string of the molecule is COc1ccc2c(c1)[C@H](C(=O)NCCNc1ncccc1C)CC(=O)N2. The number of benzene rings is 1. The molecule has 0 spiro atoms. The van der Waals surface area contributed by atoms with Crippen LogP contribution in [0.3, 0.4) is 0 Å². The number of ether oxygens (including phenoxy) is 1. The van der Waals surface area contributed by atoms with Crippen molar-refractivity contribution in [2.45, 2.75) is 19.3 Å². The molecular weight excluding hydrogens is 332 g/mol. The molecule has 0 unspecified atom stereocenters. The van der Waals surface area contributed by atoms with Crippen molar-refractivity contribution in [1.29, 1.82) is 0 Å². The highest BCUT2D eigenvalue weighted by Crippen LogP contribution is 2.34. The molecule has 3 N–H and O–H groups in total. The van der Waals surface area contributed by atoms with Crippen LogP contribution in [0.15, 0.2) is 36.5 Å². The molecule has 1 aliphatic rings. The lowest BCUT2D eigenvalue weighted by atomic mass is 9.89. The van der Waals surface area contributed by atoms with E-state index < -0.39 is 5.92 Å². The number of aryl methyl sites for hydroxylation is 1. The molecule has 0 aliphatic carbocycles. The van der Waals surface area contributed by atoms with Gasteiger partial charge in [-0.05, 0) is 42.3 Å². The molecule has 1 aromatic carbocycles. The van der Waals surface area contributed by atoms with Crippen molar-refractivity contribution in [1.82, 2.24) is 10.3 Å². The standard InChI is InChI=1S/C19H22N4O3/c1-12-4-3-7-20-18(12)21-8-9-22-19(25)15-11-17(24)23-16-6-5-13(26-2)10-14(15)16/h3-7,10,15H,8-9,11H2,1-2H3,(H,20,21)(H,22,25)(H,23,24)/t15-/m1/s1. The van der Waals surface area contributed by atoms with Crippen molar-refractivity contribution in [3.8, 4) is 5.75 Å². The number of pyridine rings is 1. The summed E-state index contributed by atoms with van der Waals surface area (Å²) in [5.74, 6) is 0.600. The molecule has 136 valence electrons. The summed E-state index contributed by atoms with van der Waals surface area (Å²) in [4.78, 5) is 28.8. The van der Waals surface area contributed by atoms with E-state index >= 15 is 0 Å². The van der Waals surface area contributed by atoms with Gasteiger partial charge < -0.3 is 20.7 Å². The van der Waals surface area contributed by atoms with Crippen molar-refractivity contribution in [2.24, 2.45) is 0 Å². The van der Waals surface area contributed by atoms with Gasteiger partial charge in [-0.2, -0.15) is 0 Å². The summed E-state index contributed by atoms with van der Waals surface area (Å²) in [6, 6.07) is 9.17. The third-order valence-corrected chi connectivity index (χ3v) is 4.34. The number of rotatable bonds is 6. The number of aromatic nitrogens is 1. The molecule has 1 aliphatic heterocycles. The van der Waals surface area contributed by atoms with E-state index in [4.69, 9.17) is 4.74 Å². The minimum absolute atomic E-state index is 0.124. The zero-order valence-corrected chi connectivity index (χ0v) is 14.8. The highest BCUT2D eigenvalue weighted by Gasteiger charge is 2.30. The third kappa shape index (κ3) is 3.93. The Balaban J connectivity index is 1.61. The highest BCUT2D eigenvalue weighted by atomic mass is 16.5. The predicted molar refractivity (Wildman–Crippen MR) is 99.5 cm³/mol. The monoisotopic (exact) mass is 354 g/mol. The van der Waals surface area contributed by atoms with E-state index in [1.54, 1.807) is 31.5 Å². The van der Waals surface area contributed by atoms with E-state index in [-0.39, 0.29) is 18.2 Å². The summed E-state index contributed by atoms with van der Waals surface area (Å²) in [7, 11) is 1.57. The topological polar surface area (TPSA) is 92.3 Å². The van der Waals surface area contributed by atoms with Crippen LogP contribution in [0.2, 0.25) is 0 Å². The Labute approximate surface area is 152 Å². The molecule has 26 heavy (non-hydrogen) atoms. The van der Waals surface area contributed by atoms with Gasteiger partial charge in [-0.25, -0.2) is 4.98 Å². The van der Waals surface area contributed by atoms with Crippen LogP contribution in [-0.2, 0) is 9.59 Å². The number of hydrogen-bond donors (Lipinski definition) is 3. The first kappa shape index (κ1) is 17.7. The lowest BCUT2D eigenvalue weighted by Crippen LogP contribution is -2.37. The van der Waals surface area contributed by atoms with Gasteiger partial charge in [0.2, 0.25) is 11.8 Å². The molecule has 1 atom stereocenters. The molecule has 0 bridgehead atoms. The maximum absolute atomic E-state index is 12.6. The number of fused-ring (bicyclic) bond motifs is 1. The molecule has 2 heterocycles. The first-order valence-electron chi connectivity index (χ1n) is 8.49. The summed E-state index contributed by atoms with van der Waals surface area (Å²) in [6.45, 7) is 2.96. The normalized spacial score (nSPS) is 15.6. The van der Waals surface area contributed by atoms with Crippen LogP contribution in [0, 0.1) is 6.92 Å². The molecule has 7 nitrogen and oxygen atoms in total. The molecule has 2 aromatic rings. The predicted octanol–water partition coefficient (Wildman–Crippen LogP) is 2.05. The number of anilines is 2. The van der Waals surface area contributed by atoms with Crippen molar-refractivity contribution < 1.29 is 14.3 Å².